The Morgan fingerprint density at radius 3 is 2.63 bits per heavy atom. The number of carbonyl (C=O) groups is 2. The van der Waals surface area contributed by atoms with Crippen LogP contribution in [0.5, 0.6) is 0 Å². The number of nitrogens with zero attached hydrogens (tertiary/aromatic N) is 1. The van der Waals surface area contributed by atoms with Crippen LogP contribution in [0, 0.1) is 11.2 Å². The Labute approximate surface area is 155 Å². The molecular formula is C19H19FN4O3. The minimum atomic E-state index is -0.580. The number of anilines is 1. The average molecular weight is 370 g/mol. The normalized spacial score (nSPS) is 16.1. The molecule has 2 aromatic carbocycles. The van der Waals surface area contributed by atoms with Gasteiger partial charge < -0.3 is 15.8 Å². The average Bonchev–Trinajstić information content (AvgIpc) is 3.01. The smallest absolute Gasteiger partial charge is 0.414 e. The van der Waals surface area contributed by atoms with Crippen molar-refractivity contribution in [2.75, 3.05) is 18.0 Å². The van der Waals surface area contributed by atoms with E-state index in [2.05, 4.69) is 5.32 Å². The molecule has 1 heterocycles. The predicted molar refractivity (Wildman–Crippen MR) is 99.2 cm³/mol. The topological polar surface area (TPSA) is 109 Å². The van der Waals surface area contributed by atoms with Gasteiger partial charge in [0.25, 0.3) is 0 Å². The molecule has 8 heteroatoms. The maximum atomic E-state index is 14.6. The largest absolute Gasteiger partial charge is 0.442 e. The number of amidine groups is 1. The van der Waals surface area contributed by atoms with Gasteiger partial charge in [-0.1, -0.05) is 24.3 Å². The van der Waals surface area contributed by atoms with E-state index in [0.29, 0.717) is 22.4 Å². The summed E-state index contributed by atoms with van der Waals surface area (Å²) in [6, 6.07) is 11.2. The van der Waals surface area contributed by atoms with Gasteiger partial charge in [0, 0.05) is 18.1 Å². The zero-order valence-electron chi connectivity index (χ0n) is 14.7. The molecule has 1 aliphatic rings. The molecule has 1 unspecified atom stereocenters. The quantitative estimate of drug-likeness (QED) is 0.554. The van der Waals surface area contributed by atoms with E-state index in [1.54, 1.807) is 36.4 Å². The zero-order chi connectivity index (χ0) is 19.6. The Morgan fingerprint density at radius 1 is 1.33 bits per heavy atom. The summed E-state index contributed by atoms with van der Waals surface area (Å²) in [6.07, 6.45) is -1.06. The molecule has 3 rings (SSSR count). The zero-order valence-corrected chi connectivity index (χ0v) is 14.7. The number of hydrogen-bond acceptors (Lipinski definition) is 4. The molecule has 0 aliphatic carbocycles. The summed E-state index contributed by atoms with van der Waals surface area (Å²) in [5.74, 6) is -0.754. The number of hydrogen-bond donors (Lipinski definition) is 3. The molecule has 1 saturated heterocycles. The number of benzene rings is 2. The van der Waals surface area contributed by atoms with Crippen molar-refractivity contribution < 1.29 is 18.7 Å². The molecule has 1 fully saturated rings. The molecular weight excluding hydrogens is 351 g/mol. The summed E-state index contributed by atoms with van der Waals surface area (Å²) in [7, 11) is 0. The second kappa shape index (κ2) is 7.45. The van der Waals surface area contributed by atoms with Crippen molar-refractivity contribution in [2.24, 2.45) is 5.73 Å². The molecule has 0 saturated carbocycles. The molecule has 7 nitrogen and oxygen atoms in total. The number of carbonyl (C=O) groups excluding carboxylic acids is 2. The number of nitrogen functional groups attached to an aromatic ring is 1. The van der Waals surface area contributed by atoms with Crippen LogP contribution in [-0.4, -0.2) is 37.0 Å². The Morgan fingerprint density at radius 2 is 2.04 bits per heavy atom. The highest BCUT2D eigenvalue weighted by Gasteiger charge is 2.32. The SMILES string of the molecule is CC(=O)NCC1CN(c2ccc(-c3ccc(C(=N)N)cc3)c(F)c2)C(=O)O1. The summed E-state index contributed by atoms with van der Waals surface area (Å²) in [5, 5.41) is 9.99. The van der Waals surface area contributed by atoms with Gasteiger partial charge in [-0.15, -0.1) is 0 Å². The molecule has 1 aliphatic heterocycles. The van der Waals surface area contributed by atoms with Crippen LogP contribution in [0.1, 0.15) is 12.5 Å². The highest BCUT2D eigenvalue weighted by atomic mass is 19.1. The monoisotopic (exact) mass is 370 g/mol. The minimum absolute atomic E-state index is 0.0567. The van der Waals surface area contributed by atoms with Crippen LogP contribution >= 0.6 is 0 Å². The van der Waals surface area contributed by atoms with Crippen LogP contribution < -0.4 is 16.0 Å². The Bertz CT molecular complexity index is 898. The maximum Gasteiger partial charge on any atom is 0.414 e. The van der Waals surface area contributed by atoms with Crippen LogP contribution in [-0.2, 0) is 9.53 Å². The fraction of sp³-hybridized carbons (Fsp3) is 0.211. The summed E-state index contributed by atoms with van der Waals surface area (Å²) >= 11 is 0. The van der Waals surface area contributed by atoms with Crippen molar-refractivity contribution in [2.45, 2.75) is 13.0 Å². The van der Waals surface area contributed by atoms with E-state index in [9.17, 15) is 14.0 Å². The van der Waals surface area contributed by atoms with E-state index in [0.717, 1.165) is 0 Å². The van der Waals surface area contributed by atoms with Crippen molar-refractivity contribution in [3.8, 4) is 11.1 Å². The molecule has 0 radical (unpaired) electrons. The third kappa shape index (κ3) is 4.05. The van der Waals surface area contributed by atoms with Crippen LogP contribution in [0.3, 0.4) is 0 Å². The maximum absolute atomic E-state index is 14.6. The van der Waals surface area contributed by atoms with Crippen LogP contribution in [0.25, 0.3) is 11.1 Å². The van der Waals surface area contributed by atoms with Gasteiger partial charge in [0.1, 0.15) is 17.8 Å². The summed E-state index contributed by atoms with van der Waals surface area (Å²) in [5.41, 5.74) is 7.37. The fourth-order valence-electron chi connectivity index (χ4n) is 2.83. The lowest BCUT2D eigenvalue weighted by atomic mass is 10.0. The van der Waals surface area contributed by atoms with Crippen LogP contribution in [0.4, 0.5) is 14.9 Å². The standard InChI is InChI=1S/C19H19FN4O3/c1-11(25)23-9-15-10-24(19(26)27-15)14-6-7-16(17(20)8-14)12-2-4-13(5-3-12)18(21)22/h2-8,15H,9-10H2,1H3,(H3,21,22)(H,23,25). The number of amides is 2. The van der Waals surface area contributed by atoms with Crippen molar-refractivity contribution >= 4 is 23.5 Å². The van der Waals surface area contributed by atoms with Crippen molar-refractivity contribution in [1.82, 2.24) is 5.32 Å². The van der Waals surface area contributed by atoms with Gasteiger partial charge in [-0.25, -0.2) is 9.18 Å². The highest BCUT2D eigenvalue weighted by Crippen LogP contribution is 2.29. The Balaban J connectivity index is 1.77. The third-order valence-electron chi connectivity index (χ3n) is 4.22. The fourth-order valence-corrected chi connectivity index (χ4v) is 2.83. The van der Waals surface area contributed by atoms with E-state index < -0.39 is 18.0 Å². The molecule has 2 aromatic rings. The van der Waals surface area contributed by atoms with Gasteiger partial charge in [-0.05, 0) is 23.8 Å². The van der Waals surface area contributed by atoms with E-state index in [1.807, 2.05) is 0 Å². The summed E-state index contributed by atoms with van der Waals surface area (Å²) < 4.78 is 19.8. The highest BCUT2D eigenvalue weighted by molar-refractivity contribution is 5.95. The van der Waals surface area contributed by atoms with Gasteiger partial charge in [-0.2, -0.15) is 0 Å². The summed E-state index contributed by atoms with van der Waals surface area (Å²) in [4.78, 5) is 24.3. The van der Waals surface area contributed by atoms with Crippen LogP contribution in [0.15, 0.2) is 42.5 Å². The third-order valence-corrected chi connectivity index (χ3v) is 4.22. The number of nitrogens with one attached hydrogen (secondary N) is 2. The number of rotatable bonds is 5. The molecule has 140 valence electrons. The number of ether oxygens (including phenoxy) is 1. The lowest BCUT2D eigenvalue weighted by molar-refractivity contribution is -0.119. The minimum Gasteiger partial charge on any atom is -0.442 e. The Hall–Kier alpha value is -3.42. The second-order valence-corrected chi connectivity index (χ2v) is 6.21. The molecule has 1 atom stereocenters. The van der Waals surface area contributed by atoms with Crippen molar-refractivity contribution in [3.05, 3.63) is 53.8 Å². The van der Waals surface area contributed by atoms with Crippen molar-refractivity contribution in [3.63, 3.8) is 0 Å². The lowest BCUT2D eigenvalue weighted by Crippen LogP contribution is -2.33. The van der Waals surface area contributed by atoms with Gasteiger partial charge in [0.05, 0.1) is 18.8 Å². The van der Waals surface area contributed by atoms with E-state index in [1.165, 1.54) is 17.9 Å². The summed E-state index contributed by atoms with van der Waals surface area (Å²) in [6.45, 7) is 1.82. The van der Waals surface area contributed by atoms with Gasteiger partial charge in [0.15, 0.2) is 0 Å². The molecule has 0 spiro atoms. The first kappa shape index (κ1) is 18.4. The molecule has 0 bridgehead atoms. The molecule has 2 amide bonds. The van der Waals surface area contributed by atoms with Gasteiger partial charge in [0.2, 0.25) is 5.91 Å². The Kier molecular flexibility index (Phi) is 5.07. The number of cyclic esters (lactones) is 1. The first-order chi connectivity index (χ1) is 12.8. The first-order valence-corrected chi connectivity index (χ1v) is 8.32. The van der Waals surface area contributed by atoms with Gasteiger partial charge in [-0.3, -0.25) is 15.1 Å². The molecule has 0 aromatic heterocycles. The van der Waals surface area contributed by atoms with Crippen LogP contribution in [0.2, 0.25) is 0 Å². The lowest BCUT2D eigenvalue weighted by Gasteiger charge is -2.14. The second-order valence-electron chi connectivity index (χ2n) is 6.21. The van der Waals surface area contributed by atoms with Crippen molar-refractivity contribution in [1.29, 1.82) is 5.41 Å². The molecule has 27 heavy (non-hydrogen) atoms. The van der Waals surface area contributed by atoms with Gasteiger partial charge >= 0.3 is 6.09 Å². The van der Waals surface area contributed by atoms with E-state index in [4.69, 9.17) is 15.9 Å². The van der Waals surface area contributed by atoms with E-state index in [-0.39, 0.29) is 24.8 Å². The first-order valence-electron chi connectivity index (χ1n) is 8.32. The van der Waals surface area contributed by atoms with E-state index >= 15 is 0 Å². The molecule has 4 N–H and O–H groups in total. The number of halogens is 1. The predicted octanol–water partition coefficient (Wildman–Crippen LogP) is 2.24. The number of nitrogens with two attached hydrogens (primary N) is 1.